The van der Waals surface area contributed by atoms with Gasteiger partial charge in [-0.2, -0.15) is 0 Å². The maximum atomic E-state index is 5.78. The smallest absolute Gasteiger partial charge is 0.119 e. The number of hydrogen-bond acceptors (Lipinski definition) is 4. The zero-order valence-corrected chi connectivity index (χ0v) is 12.4. The lowest BCUT2D eigenvalue weighted by molar-refractivity contribution is 0.180. The van der Waals surface area contributed by atoms with Gasteiger partial charge in [0.25, 0.3) is 0 Å². The summed E-state index contributed by atoms with van der Waals surface area (Å²) in [6.45, 7) is 5.72. The maximum absolute atomic E-state index is 5.78. The van der Waals surface area contributed by atoms with Crippen LogP contribution in [-0.2, 0) is 4.74 Å². The van der Waals surface area contributed by atoms with Crippen LogP contribution in [0.5, 0.6) is 5.75 Å². The van der Waals surface area contributed by atoms with Gasteiger partial charge >= 0.3 is 0 Å². The number of nitrogens with zero attached hydrogens (tertiary/aromatic N) is 1. The van der Waals surface area contributed by atoms with Crippen molar-refractivity contribution in [2.75, 3.05) is 46.5 Å². The Morgan fingerprint density at radius 2 is 2.10 bits per heavy atom. The molecule has 112 valence electrons. The van der Waals surface area contributed by atoms with Crippen molar-refractivity contribution in [1.29, 1.82) is 0 Å². The van der Waals surface area contributed by atoms with Gasteiger partial charge in [0.15, 0.2) is 0 Å². The molecule has 1 fully saturated rings. The molecule has 1 N–H and O–H groups in total. The van der Waals surface area contributed by atoms with E-state index in [2.05, 4.69) is 10.2 Å². The van der Waals surface area contributed by atoms with Gasteiger partial charge in [0.2, 0.25) is 0 Å². The molecule has 4 nitrogen and oxygen atoms in total. The summed E-state index contributed by atoms with van der Waals surface area (Å²) in [5, 5.41) is 3.46. The topological polar surface area (TPSA) is 33.7 Å². The van der Waals surface area contributed by atoms with Gasteiger partial charge in [-0.25, -0.2) is 0 Å². The predicted molar refractivity (Wildman–Crippen MR) is 81.3 cm³/mol. The van der Waals surface area contributed by atoms with Crippen molar-refractivity contribution < 1.29 is 9.47 Å². The van der Waals surface area contributed by atoms with E-state index in [-0.39, 0.29) is 0 Å². The molecule has 1 saturated heterocycles. The number of rotatable bonds is 9. The van der Waals surface area contributed by atoms with Crippen LogP contribution in [-0.4, -0.2) is 57.4 Å². The van der Waals surface area contributed by atoms with Crippen LogP contribution < -0.4 is 10.1 Å². The summed E-state index contributed by atoms with van der Waals surface area (Å²) in [7, 11) is 1.74. The van der Waals surface area contributed by atoms with Gasteiger partial charge in [0.1, 0.15) is 12.4 Å². The van der Waals surface area contributed by atoms with Gasteiger partial charge in [0, 0.05) is 32.8 Å². The molecule has 1 heterocycles. The minimum absolute atomic E-state index is 0.645. The number of nitrogens with one attached hydrogen (secondary N) is 1. The predicted octanol–water partition coefficient (Wildman–Crippen LogP) is 1.77. The van der Waals surface area contributed by atoms with Crippen molar-refractivity contribution in [1.82, 2.24) is 10.2 Å². The lowest BCUT2D eigenvalue weighted by Gasteiger charge is -2.24. The van der Waals surface area contributed by atoms with Gasteiger partial charge in [-0.3, -0.25) is 4.90 Å². The highest BCUT2D eigenvalue weighted by atomic mass is 16.5. The average molecular weight is 278 g/mol. The maximum Gasteiger partial charge on any atom is 0.119 e. The molecule has 0 aliphatic carbocycles. The Labute approximate surface area is 122 Å². The Bertz CT molecular complexity index is 359. The van der Waals surface area contributed by atoms with E-state index >= 15 is 0 Å². The summed E-state index contributed by atoms with van der Waals surface area (Å²) in [5.74, 6) is 0.960. The monoisotopic (exact) mass is 278 g/mol. The van der Waals surface area contributed by atoms with E-state index < -0.39 is 0 Å². The third-order valence-corrected chi connectivity index (χ3v) is 3.75. The zero-order valence-electron chi connectivity index (χ0n) is 12.4. The van der Waals surface area contributed by atoms with Crippen LogP contribution in [0.2, 0.25) is 0 Å². The molecule has 0 saturated carbocycles. The molecule has 2 rings (SSSR count). The summed E-state index contributed by atoms with van der Waals surface area (Å²) in [6.07, 6.45) is 2.58. The zero-order chi connectivity index (χ0) is 14.0. The molecule has 0 amide bonds. The van der Waals surface area contributed by atoms with Crippen LogP contribution >= 0.6 is 0 Å². The fraction of sp³-hybridized carbons (Fsp3) is 0.625. The standard InChI is InChI=1S/C16H26N2O2/c1-19-12-9-17-14-15-6-5-10-18(15)11-13-20-16-7-3-2-4-8-16/h2-4,7-8,15,17H,5-6,9-14H2,1H3. The van der Waals surface area contributed by atoms with Crippen LogP contribution in [0.25, 0.3) is 0 Å². The Balaban J connectivity index is 1.63. The van der Waals surface area contributed by atoms with Crippen molar-refractivity contribution >= 4 is 0 Å². The fourth-order valence-electron chi connectivity index (χ4n) is 2.66. The molecule has 1 aromatic rings. The van der Waals surface area contributed by atoms with Crippen LogP contribution in [0, 0.1) is 0 Å². The SMILES string of the molecule is COCCNCC1CCCN1CCOc1ccccc1. The van der Waals surface area contributed by atoms with Crippen molar-refractivity contribution in [2.45, 2.75) is 18.9 Å². The number of methoxy groups -OCH3 is 1. The number of ether oxygens (including phenoxy) is 2. The Morgan fingerprint density at radius 1 is 1.25 bits per heavy atom. The molecular weight excluding hydrogens is 252 g/mol. The van der Waals surface area contributed by atoms with Crippen molar-refractivity contribution in [3.05, 3.63) is 30.3 Å². The van der Waals surface area contributed by atoms with Crippen molar-refractivity contribution in [3.8, 4) is 5.75 Å². The molecule has 20 heavy (non-hydrogen) atoms. The van der Waals surface area contributed by atoms with Gasteiger partial charge in [-0.05, 0) is 31.5 Å². The number of hydrogen-bond donors (Lipinski definition) is 1. The molecule has 1 aliphatic heterocycles. The molecule has 0 bridgehead atoms. The summed E-state index contributed by atoms with van der Waals surface area (Å²) in [5.41, 5.74) is 0. The largest absolute Gasteiger partial charge is 0.492 e. The molecule has 0 spiro atoms. The minimum Gasteiger partial charge on any atom is -0.492 e. The second-order valence-electron chi connectivity index (χ2n) is 5.19. The van der Waals surface area contributed by atoms with E-state index in [9.17, 15) is 0 Å². The van der Waals surface area contributed by atoms with Crippen LogP contribution in [0.15, 0.2) is 30.3 Å². The third kappa shape index (κ3) is 5.12. The highest BCUT2D eigenvalue weighted by Gasteiger charge is 2.23. The van der Waals surface area contributed by atoms with Gasteiger partial charge in [-0.1, -0.05) is 18.2 Å². The molecule has 1 atom stereocenters. The Hall–Kier alpha value is -1.10. The Morgan fingerprint density at radius 3 is 2.90 bits per heavy atom. The van der Waals surface area contributed by atoms with E-state index in [1.165, 1.54) is 19.4 Å². The first-order chi connectivity index (χ1) is 9.90. The van der Waals surface area contributed by atoms with Gasteiger partial charge < -0.3 is 14.8 Å². The second-order valence-corrected chi connectivity index (χ2v) is 5.19. The van der Waals surface area contributed by atoms with E-state index in [4.69, 9.17) is 9.47 Å². The van der Waals surface area contributed by atoms with Crippen LogP contribution in [0.1, 0.15) is 12.8 Å². The normalized spacial score (nSPS) is 19.4. The molecule has 4 heteroatoms. The second kappa shape index (κ2) is 8.95. The molecule has 1 unspecified atom stereocenters. The molecular formula is C16H26N2O2. The quantitative estimate of drug-likeness (QED) is 0.698. The van der Waals surface area contributed by atoms with E-state index in [0.29, 0.717) is 6.04 Å². The highest BCUT2D eigenvalue weighted by molar-refractivity contribution is 5.20. The molecule has 1 aromatic carbocycles. The third-order valence-electron chi connectivity index (χ3n) is 3.75. The first-order valence-corrected chi connectivity index (χ1v) is 7.51. The summed E-state index contributed by atoms with van der Waals surface area (Å²) >= 11 is 0. The minimum atomic E-state index is 0.645. The average Bonchev–Trinajstić information content (AvgIpc) is 2.92. The number of benzene rings is 1. The lowest BCUT2D eigenvalue weighted by Crippen LogP contribution is -2.40. The molecule has 0 aromatic heterocycles. The summed E-state index contributed by atoms with van der Waals surface area (Å²) in [6, 6.07) is 10.7. The fourth-order valence-corrected chi connectivity index (χ4v) is 2.66. The van der Waals surface area contributed by atoms with Crippen molar-refractivity contribution in [2.24, 2.45) is 0 Å². The molecule has 1 aliphatic rings. The number of para-hydroxylation sites is 1. The van der Waals surface area contributed by atoms with E-state index in [1.54, 1.807) is 7.11 Å². The lowest BCUT2D eigenvalue weighted by atomic mass is 10.2. The van der Waals surface area contributed by atoms with Crippen LogP contribution in [0.3, 0.4) is 0 Å². The number of likely N-dealkylation sites (tertiary alicyclic amines) is 1. The van der Waals surface area contributed by atoms with Crippen molar-refractivity contribution in [3.63, 3.8) is 0 Å². The first-order valence-electron chi connectivity index (χ1n) is 7.51. The highest BCUT2D eigenvalue weighted by Crippen LogP contribution is 2.16. The summed E-state index contributed by atoms with van der Waals surface area (Å²) < 4.78 is 10.8. The van der Waals surface area contributed by atoms with Gasteiger partial charge in [-0.15, -0.1) is 0 Å². The molecule has 0 radical (unpaired) electrons. The van der Waals surface area contributed by atoms with E-state index in [1.807, 2.05) is 30.3 Å². The Kier molecular flexibility index (Phi) is 6.84. The first kappa shape index (κ1) is 15.3. The van der Waals surface area contributed by atoms with Crippen LogP contribution in [0.4, 0.5) is 0 Å². The summed E-state index contributed by atoms with van der Waals surface area (Å²) in [4.78, 5) is 2.53. The van der Waals surface area contributed by atoms with Gasteiger partial charge in [0.05, 0.1) is 6.61 Å². The van der Waals surface area contributed by atoms with E-state index in [0.717, 1.165) is 38.6 Å².